The highest BCUT2D eigenvalue weighted by molar-refractivity contribution is 5.96. The molecule has 1 unspecified atom stereocenters. The number of morpholine rings is 1. The highest BCUT2D eigenvalue weighted by atomic mass is 16.5. The zero-order valence-corrected chi connectivity index (χ0v) is 22.5. The van der Waals surface area contributed by atoms with E-state index < -0.39 is 17.7 Å². The Balaban J connectivity index is 1.74. The van der Waals surface area contributed by atoms with Gasteiger partial charge in [0.05, 0.1) is 25.9 Å². The van der Waals surface area contributed by atoms with Crippen molar-refractivity contribution < 1.29 is 19.1 Å². The minimum Gasteiger partial charge on any atom is -0.449 e. The van der Waals surface area contributed by atoms with Crippen LogP contribution in [0.2, 0.25) is 0 Å². The van der Waals surface area contributed by atoms with E-state index >= 15 is 0 Å². The first-order chi connectivity index (χ1) is 17.1. The largest absolute Gasteiger partial charge is 0.449 e. The molecule has 36 heavy (non-hydrogen) atoms. The van der Waals surface area contributed by atoms with Crippen LogP contribution in [0.3, 0.4) is 0 Å². The number of hydrogen-bond donors (Lipinski definition) is 2. The van der Waals surface area contributed by atoms with Gasteiger partial charge in [0.1, 0.15) is 11.6 Å². The number of carbonyl (C=O) groups is 2. The number of hydrogen-bond acceptors (Lipinski definition) is 7. The number of nitrogens with one attached hydrogen (secondary N) is 2. The average molecular weight is 505 g/mol. The van der Waals surface area contributed by atoms with E-state index in [0.717, 1.165) is 38.8 Å². The number of carbonyl (C=O) groups excluding carboxylic acids is 2. The minimum atomic E-state index is -0.831. The Hall–Kier alpha value is -2.38. The van der Waals surface area contributed by atoms with Crippen molar-refractivity contribution in [2.45, 2.75) is 77.3 Å². The third-order valence-electron chi connectivity index (χ3n) is 7.23. The summed E-state index contributed by atoms with van der Waals surface area (Å²) in [5, 5.41) is 15.6. The van der Waals surface area contributed by atoms with Crippen LogP contribution in [0.15, 0.2) is 4.99 Å². The topological polar surface area (TPSA) is 119 Å². The molecule has 0 aromatic carbocycles. The lowest BCUT2D eigenvalue weighted by atomic mass is 9.87. The van der Waals surface area contributed by atoms with Gasteiger partial charge in [-0.3, -0.25) is 10.1 Å². The molecular formula is C26H44N6O4. The van der Waals surface area contributed by atoms with Crippen LogP contribution >= 0.6 is 0 Å². The fourth-order valence-corrected chi connectivity index (χ4v) is 5.00. The van der Waals surface area contributed by atoms with Crippen molar-refractivity contribution in [3.05, 3.63) is 0 Å². The van der Waals surface area contributed by atoms with Crippen LogP contribution in [0.1, 0.15) is 65.7 Å². The predicted octanol–water partition coefficient (Wildman–Crippen LogP) is 2.50. The number of aliphatic imine (C=N–C) groups is 1. The maximum absolute atomic E-state index is 13.4. The SMILES string of the molecule is CN1CCC(COC(=O)N/C(=N\C(CC(C)(C)C)C(=O)NC2(C#N)CCCC2)N2CCOCC2)CC1. The zero-order chi connectivity index (χ0) is 26.2. The van der Waals surface area contributed by atoms with Crippen molar-refractivity contribution in [2.24, 2.45) is 16.3 Å². The Morgan fingerprint density at radius 3 is 2.39 bits per heavy atom. The molecule has 0 aromatic rings. The molecular weight excluding hydrogens is 460 g/mol. The van der Waals surface area contributed by atoms with Gasteiger partial charge < -0.3 is 24.6 Å². The van der Waals surface area contributed by atoms with E-state index in [4.69, 9.17) is 14.5 Å². The van der Waals surface area contributed by atoms with Gasteiger partial charge in [-0.05, 0) is 76.4 Å². The molecule has 0 aromatic heterocycles. The van der Waals surface area contributed by atoms with Crippen LogP contribution < -0.4 is 10.6 Å². The molecule has 1 aliphatic carbocycles. The molecule has 0 spiro atoms. The van der Waals surface area contributed by atoms with E-state index in [1.165, 1.54) is 0 Å². The lowest BCUT2D eigenvalue weighted by molar-refractivity contribution is -0.124. The zero-order valence-electron chi connectivity index (χ0n) is 22.5. The molecule has 1 atom stereocenters. The van der Waals surface area contributed by atoms with Crippen LogP contribution in [0, 0.1) is 22.7 Å². The van der Waals surface area contributed by atoms with Crippen molar-refractivity contribution in [1.29, 1.82) is 5.26 Å². The minimum absolute atomic E-state index is 0.189. The molecule has 202 valence electrons. The molecule has 1 saturated carbocycles. The standard InChI is InChI=1S/C26H44N6O4/c1-25(2,3)17-21(22(33)30-26(19-27)9-5-6-10-26)28-23(32-13-15-35-16-14-32)29-24(34)36-18-20-7-11-31(4)12-8-20/h20-21H,5-18H2,1-4H3,(H,30,33)(H,28,29,34). The average Bonchev–Trinajstić information content (AvgIpc) is 3.31. The molecule has 2 saturated heterocycles. The Morgan fingerprint density at radius 2 is 1.81 bits per heavy atom. The van der Waals surface area contributed by atoms with Crippen molar-refractivity contribution in [1.82, 2.24) is 20.4 Å². The second kappa shape index (κ2) is 12.7. The van der Waals surface area contributed by atoms with Gasteiger partial charge in [-0.2, -0.15) is 5.26 Å². The molecule has 2 amide bonds. The van der Waals surface area contributed by atoms with Gasteiger partial charge in [-0.1, -0.05) is 20.8 Å². The smallest absolute Gasteiger partial charge is 0.413 e. The summed E-state index contributed by atoms with van der Waals surface area (Å²) in [6.07, 6.45) is 5.07. The summed E-state index contributed by atoms with van der Waals surface area (Å²) in [7, 11) is 2.10. The van der Waals surface area contributed by atoms with Gasteiger partial charge in [-0.25, -0.2) is 9.79 Å². The molecule has 10 nitrogen and oxygen atoms in total. The number of amides is 2. The Morgan fingerprint density at radius 1 is 1.17 bits per heavy atom. The van der Waals surface area contributed by atoms with Crippen molar-refractivity contribution in [2.75, 3.05) is 53.0 Å². The maximum atomic E-state index is 13.4. The van der Waals surface area contributed by atoms with E-state index in [9.17, 15) is 14.9 Å². The molecule has 3 aliphatic rings. The quantitative estimate of drug-likeness (QED) is 0.421. The van der Waals surface area contributed by atoms with Crippen molar-refractivity contribution >= 4 is 18.0 Å². The Kier molecular flexibility index (Phi) is 9.97. The number of likely N-dealkylation sites (tertiary alicyclic amines) is 1. The first kappa shape index (κ1) is 28.2. The van der Waals surface area contributed by atoms with Crippen molar-refractivity contribution in [3.63, 3.8) is 0 Å². The van der Waals surface area contributed by atoms with Gasteiger partial charge >= 0.3 is 6.09 Å². The lowest BCUT2D eigenvalue weighted by Gasteiger charge is -2.32. The van der Waals surface area contributed by atoms with Gasteiger partial charge in [0.25, 0.3) is 0 Å². The maximum Gasteiger partial charge on any atom is 0.413 e. The number of alkyl carbamates (subject to hydrolysis) is 1. The third kappa shape index (κ3) is 8.63. The van der Waals surface area contributed by atoms with E-state index in [-0.39, 0.29) is 11.3 Å². The fourth-order valence-electron chi connectivity index (χ4n) is 5.00. The number of guanidine groups is 1. The lowest BCUT2D eigenvalue weighted by Crippen LogP contribution is -2.52. The second-order valence-corrected chi connectivity index (χ2v) is 11.7. The van der Waals surface area contributed by atoms with Gasteiger partial charge in [0.15, 0.2) is 0 Å². The Bertz CT molecular complexity index is 813. The predicted molar refractivity (Wildman–Crippen MR) is 137 cm³/mol. The number of piperidine rings is 1. The summed E-state index contributed by atoms with van der Waals surface area (Å²) in [6.45, 7) is 10.7. The molecule has 2 heterocycles. The van der Waals surface area contributed by atoms with Crippen LogP contribution in [0.25, 0.3) is 0 Å². The van der Waals surface area contributed by atoms with Crippen LogP contribution in [0.4, 0.5) is 4.79 Å². The van der Waals surface area contributed by atoms with E-state index in [1.54, 1.807) is 0 Å². The van der Waals surface area contributed by atoms with E-state index in [0.29, 0.717) is 64.1 Å². The van der Waals surface area contributed by atoms with Crippen molar-refractivity contribution in [3.8, 4) is 6.07 Å². The summed E-state index contributed by atoms with van der Waals surface area (Å²) in [5.74, 6) is 0.401. The molecule has 2 aliphatic heterocycles. The normalized spacial score (nSPS) is 22.5. The van der Waals surface area contributed by atoms with Gasteiger partial charge in [0, 0.05) is 13.1 Å². The fraction of sp³-hybridized carbons (Fsp3) is 0.846. The van der Waals surface area contributed by atoms with Crippen LogP contribution in [-0.4, -0.2) is 92.4 Å². The number of rotatable bonds is 6. The summed E-state index contributed by atoms with van der Waals surface area (Å²) >= 11 is 0. The molecule has 0 bridgehead atoms. The first-order valence-corrected chi connectivity index (χ1v) is 13.4. The highest BCUT2D eigenvalue weighted by Gasteiger charge is 2.38. The molecule has 0 radical (unpaired) electrons. The first-order valence-electron chi connectivity index (χ1n) is 13.4. The summed E-state index contributed by atoms with van der Waals surface area (Å²) in [6, 6.07) is 1.58. The monoisotopic (exact) mass is 504 g/mol. The second-order valence-electron chi connectivity index (χ2n) is 11.7. The number of ether oxygens (including phenoxy) is 2. The number of nitrogens with zero attached hydrogens (tertiary/aromatic N) is 4. The van der Waals surface area contributed by atoms with Crippen LogP contribution in [0.5, 0.6) is 0 Å². The number of nitriles is 1. The van der Waals surface area contributed by atoms with E-state index in [2.05, 4.69) is 49.4 Å². The summed E-state index contributed by atoms with van der Waals surface area (Å²) < 4.78 is 11.1. The summed E-state index contributed by atoms with van der Waals surface area (Å²) in [5.41, 5.74) is -1.02. The van der Waals surface area contributed by atoms with Gasteiger partial charge in [-0.15, -0.1) is 0 Å². The van der Waals surface area contributed by atoms with E-state index in [1.807, 2.05) is 4.90 Å². The molecule has 10 heteroatoms. The van der Waals surface area contributed by atoms with Gasteiger partial charge in [0.2, 0.25) is 11.9 Å². The third-order valence-corrected chi connectivity index (χ3v) is 7.23. The Labute approximate surface area is 215 Å². The summed E-state index contributed by atoms with van der Waals surface area (Å²) in [4.78, 5) is 35.2. The van der Waals surface area contributed by atoms with Crippen LogP contribution in [-0.2, 0) is 14.3 Å². The molecule has 2 N–H and O–H groups in total. The highest BCUT2D eigenvalue weighted by Crippen LogP contribution is 2.30. The molecule has 3 fully saturated rings. The molecule has 3 rings (SSSR count).